The lowest BCUT2D eigenvalue weighted by Gasteiger charge is -2.20. The summed E-state index contributed by atoms with van der Waals surface area (Å²) in [7, 11) is 0. The number of alkyl halides is 3. The zero-order valence-electron chi connectivity index (χ0n) is 6.89. The average molecular weight is 201 g/mol. The summed E-state index contributed by atoms with van der Waals surface area (Å²) >= 11 is 0. The van der Waals surface area contributed by atoms with Crippen LogP contribution in [0.5, 0.6) is 0 Å². The molecule has 0 amide bonds. The number of hydrogen-bond acceptors (Lipinski definition) is 3. The maximum atomic E-state index is 12.2. The van der Waals surface area contributed by atoms with E-state index in [0.29, 0.717) is 5.69 Å². The lowest BCUT2D eigenvalue weighted by molar-refractivity contribution is -0.0615. The van der Waals surface area contributed by atoms with Crippen molar-refractivity contribution in [1.29, 1.82) is 0 Å². The molecule has 0 saturated carbocycles. The van der Waals surface area contributed by atoms with Crippen LogP contribution >= 0.6 is 0 Å². The standard InChI is InChI=1S/C8H6F3N3/c9-8(10,11)7-12-5-3-1-2-4-6(5)13-14-7/h1-4,13H,(H,12,14). The molecule has 0 spiro atoms. The Bertz CT molecular complexity index is 384. The summed E-state index contributed by atoms with van der Waals surface area (Å²) in [6.45, 7) is 0. The van der Waals surface area contributed by atoms with Crippen LogP contribution in [-0.2, 0) is 0 Å². The smallest absolute Gasteiger partial charge is 0.297 e. The second-order valence-electron chi connectivity index (χ2n) is 2.73. The number of hydrogen-bond donors (Lipinski definition) is 2. The van der Waals surface area contributed by atoms with Gasteiger partial charge in [0.05, 0.1) is 11.4 Å². The summed E-state index contributed by atoms with van der Waals surface area (Å²) in [5.74, 6) is -1.03. The first kappa shape index (κ1) is 8.86. The largest absolute Gasteiger partial charge is 0.450 e. The second kappa shape index (κ2) is 2.90. The molecule has 14 heavy (non-hydrogen) atoms. The molecule has 6 heteroatoms. The van der Waals surface area contributed by atoms with Gasteiger partial charge in [0.15, 0.2) is 0 Å². The topological polar surface area (TPSA) is 36.4 Å². The van der Waals surface area contributed by atoms with Crippen molar-refractivity contribution in [3.05, 3.63) is 24.3 Å². The average Bonchev–Trinajstić information content (AvgIpc) is 2.16. The molecule has 0 unspecified atom stereocenters. The van der Waals surface area contributed by atoms with Crippen LogP contribution in [0.4, 0.5) is 24.5 Å². The highest BCUT2D eigenvalue weighted by Gasteiger charge is 2.37. The third kappa shape index (κ3) is 1.50. The summed E-state index contributed by atoms with van der Waals surface area (Å²) in [5.41, 5.74) is 5.21. The maximum Gasteiger partial charge on any atom is 0.450 e. The summed E-state index contributed by atoms with van der Waals surface area (Å²) in [5, 5.41) is 0. The van der Waals surface area contributed by atoms with Gasteiger partial charge < -0.3 is 0 Å². The summed E-state index contributed by atoms with van der Waals surface area (Å²) in [6, 6.07) is 6.48. The molecule has 2 N–H and O–H groups in total. The van der Waals surface area contributed by atoms with Gasteiger partial charge in [-0.3, -0.25) is 10.9 Å². The molecular weight excluding hydrogens is 195 g/mol. The van der Waals surface area contributed by atoms with Gasteiger partial charge in [-0.25, -0.2) is 4.99 Å². The fourth-order valence-electron chi connectivity index (χ4n) is 1.09. The van der Waals surface area contributed by atoms with Crippen molar-refractivity contribution in [1.82, 2.24) is 5.43 Å². The molecule has 1 aromatic carbocycles. The number of nitrogens with one attached hydrogen (secondary N) is 2. The maximum absolute atomic E-state index is 12.2. The van der Waals surface area contributed by atoms with Gasteiger partial charge in [0.2, 0.25) is 5.84 Å². The Labute approximate surface area is 77.6 Å². The SMILES string of the molecule is FC(F)(F)C1=Nc2ccccc2NN1. The van der Waals surface area contributed by atoms with Crippen molar-refractivity contribution in [3.63, 3.8) is 0 Å². The number of anilines is 1. The Morgan fingerprint density at radius 1 is 1.07 bits per heavy atom. The predicted molar refractivity (Wildman–Crippen MR) is 46.4 cm³/mol. The number of amidine groups is 1. The van der Waals surface area contributed by atoms with Crippen LogP contribution in [0.3, 0.4) is 0 Å². The van der Waals surface area contributed by atoms with E-state index in [1.165, 1.54) is 6.07 Å². The van der Waals surface area contributed by atoms with E-state index in [1.807, 2.05) is 5.43 Å². The van der Waals surface area contributed by atoms with E-state index in [9.17, 15) is 13.2 Å². The van der Waals surface area contributed by atoms with Gasteiger partial charge in [0.25, 0.3) is 0 Å². The lowest BCUT2D eigenvalue weighted by atomic mass is 10.2. The first-order chi connectivity index (χ1) is 6.57. The summed E-state index contributed by atoms with van der Waals surface area (Å²) < 4.78 is 36.6. The summed E-state index contributed by atoms with van der Waals surface area (Å²) in [6.07, 6.45) is -4.46. The van der Waals surface area contributed by atoms with Crippen LogP contribution in [0.2, 0.25) is 0 Å². The molecule has 74 valence electrons. The van der Waals surface area contributed by atoms with Crippen LogP contribution in [0.25, 0.3) is 0 Å². The van der Waals surface area contributed by atoms with Crippen LogP contribution in [0, 0.1) is 0 Å². The number of aliphatic imine (C=N–C) groups is 1. The number of nitrogens with zero attached hydrogens (tertiary/aromatic N) is 1. The van der Waals surface area contributed by atoms with Crippen molar-refractivity contribution in [2.45, 2.75) is 6.18 Å². The van der Waals surface area contributed by atoms with Gasteiger partial charge >= 0.3 is 6.18 Å². The number of halogens is 3. The highest BCUT2D eigenvalue weighted by molar-refractivity contribution is 5.94. The van der Waals surface area contributed by atoms with E-state index in [2.05, 4.69) is 10.4 Å². The molecule has 1 aliphatic heterocycles. The number of para-hydroxylation sites is 2. The lowest BCUT2D eigenvalue weighted by Crippen LogP contribution is -2.42. The van der Waals surface area contributed by atoms with Gasteiger partial charge in [-0.05, 0) is 12.1 Å². The van der Waals surface area contributed by atoms with Crippen molar-refractivity contribution in [3.8, 4) is 0 Å². The van der Waals surface area contributed by atoms with Gasteiger partial charge in [-0.2, -0.15) is 13.2 Å². The number of fused-ring (bicyclic) bond motifs is 1. The monoisotopic (exact) mass is 201 g/mol. The Hall–Kier alpha value is -1.72. The Morgan fingerprint density at radius 2 is 1.79 bits per heavy atom. The van der Waals surface area contributed by atoms with Gasteiger partial charge in [0, 0.05) is 0 Å². The quantitative estimate of drug-likeness (QED) is 0.675. The van der Waals surface area contributed by atoms with Crippen LogP contribution in [0.15, 0.2) is 29.3 Å². The molecule has 0 aliphatic carbocycles. The van der Waals surface area contributed by atoms with Crippen LogP contribution in [0.1, 0.15) is 0 Å². The molecule has 0 atom stereocenters. The number of rotatable bonds is 0. The Morgan fingerprint density at radius 3 is 2.50 bits per heavy atom. The fourth-order valence-corrected chi connectivity index (χ4v) is 1.09. The molecule has 2 rings (SSSR count). The third-order valence-corrected chi connectivity index (χ3v) is 1.72. The van der Waals surface area contributed by atoms with Gasteiger partial charge in [0.1, 0.15) is 0 Å². The summed E-state index contributed by atoms with van der Waals surface area (Å²) in [4.78, 5) is 3.43. The zero-order chi connectivity index (χ0) is 10.2. The molecule has 1 heterocycles. The van der Waals surface area contributed by atoms with E-state index in [4.69, 9.17) is 0 Å². The van der Waals surface area contributed by atoms with Crippen LogP contribution in [-0.4, -0.2) is 12.0 Å². The fraction of sp³-hybridized carbons (Fsp3) is 0.125. The number of benzene rings is 1. The van der Waals surface area contributed by atoms with Crippen molar-refractivity contribution >= 4 is 17.2 Å². The minimum Gasteiger partial charge on any atom is -0.297 e. The van der Waals surface area contributed by atoms with Crippen molar-refractivity contribution < 1.29 is 13.2 Å². The minimum absolute atomic E-state index is 0.276. The molecule has 0 bridgehead atoms. The molecule has 0 radical (unpaired) electrons. The molecule has 0 fully saturated rings. The van der Waals surface area contributed by atoms with E-state index >= 15 is 0 Å². The Balaban J connectivity index is 2.41. The number of hydrazine groups is 1. The normalized spacial score (nSPS) is 14.9. The van der Waals surface area contributed by atoms with E-state index in [0.717, 1.165) is 0 Å². The first-order valence-corrected chi connectivity index (χ1v) is 3.84. The first-order valence-electron chi connectivity index (χ1n) is 3.84. The molecule has 0 aromatic heterocycles. The van der Waals surface area contributed by atoms with E-state index < -0.39 is 12.0 Å². The minimum atomic E-state index is -4.46. The zero-order valence-corrected chi connectivity index (χ0v) is 6.89. The molecule has 1 aliphatic rings. The predicted octanol–water partition coefficient (Wildman–Crippen LogP) is 2.21. The highest BCUT2D eigenvalue weighted by Crippen LogP contribution is 2.29. The molecule has 0 saturated heterocycles. The Kier molecular flexibility index (Phi) is 1.83. The van der Waals surface area contributed by atoms with E-state index in [-0.39, 0.29) is 5.69 Å². The molecular formula is C8H6F3N3. The molecule has 1 aromatic rings. The van der Waals surface area contributed by atoms with E-state index in [1.54, 1.807) is 18.2 Å². The van der Waals surface area contributed by atoms with Crippen molar-refractivity contribution in [2.75, 3.05) is 5.43 Å². The van der Waals surface area contributed by atoms with Crippen molar-refractivity contribution in [2.24, 2.45) is 4.99 Å². The van der Waals surface area contributed by atoms with Crippen LogP contribution < -0.4 is 10.9 Å². The highest BCUT2D eigenvalue weighted by atomic mass is 19.4. The second-order valence-corrected chi connectivity index (χ2v) is 2.73. The third-order valence-electron chi connectivity index (χ3n) is 1.72. The molecule has 3 nitrogen and oxygen atoms in total. The van der Waals surface area contributed by atoms with Gasteiger partial charge in [-0.15, -0.1) is 0 Å². The van der Waals surface area contributed by atoms with Gasteiger partial charge in [-0.1, -0.05) is 12.1 Å².